The van der Waals surface area contributed by atoms with Gasteiger partial charge in [0.1, 0.15) is 0 Å². The first-order valence-corrected chi connectivity index (χ1v) is 8.93. The summed E-state index contributed by atoms with van der Waals surface area (Å²) in [4.78, 5) is 38.5. The van der Waals surface area contributed by atoms with Crippen molar-refractivity contribution in [3.05, 3.63) is 63.1 Å². The number of halogens is 2. The van der Waals surface area contributed by atoms with Crippen LogP contribution in [0.1, 0.15) is 37.5 Å². The smallest absolute Gasteiger partial charge is 0.261 e. The van der Waals surface area contributed by atoms with Gasteiger partial charge in [-0.05, 0) is 42.8 Å². The molecule has 1 heterocycles. The lowest BCUT2D eigenvalue weighted by Gasteiger charge is -2.12. The molecule has 0 aromatic heterocycles. The van der Waals surface area contributed by atoms with Crippen LogP contribution in [0.4, 0.5) is 5.69 Å². The van der Waals surface area contributed by atoms with Gasteiger partial charge in [-0.25, -0.2) is 0 Å². The van der Waals surface area contributed by atoms with E-state index in [0.717, 1.165) is 0 Å². The van der Waals surface area contributed by atoms with Crippen molar-refractivity contribution in [2.75, 3.05) is 25.6 Å². The van der Waals surface area contributed by atoms with Crippen molar-refractivity contribution in [3.63, 3.8) is 0 Å². The van der Waals surface area contributed by atoms with Crippen molar-refractivity contribution in [1.29, 1.82) is 0 Å². The van der Waals surface area contributed by atoms with E-state index in [4.69, 9.17) is 27.9 Å². The highest BCUT2D eigenvalue weighted by Gasteiger charge is 2.35. The van der Waals surface area contributed by atoms with Crippen LogP contribution in [0.15, 0.2) is 36.4 Å². The van der Waals surface area contributed by atoms with Crippen molar-refractivity contribution in [3.8, 4) is 0 Å². The summed E-state index contributed by atoms with van der Waals surface area (Å²) in [6.45, 7) is 0.718. The molecule has 1 aliphatic heterocycles. The fourth-order valence-corrected chi connectivity index (χ4v) is 3.08. The molecule has 8 heteroatoms. The molecule has 0 aliphatic carbocycles. The monoisotopic (exact) mass is 406 g/mol. The summed E-state index contributed by atoms with van der Waals surface area (Å²) >= 11 is 11.8. The molecule has 0 spiro atoms. The van der Waals surface area contributed by atoms with Crippen molar-refractivity contribution >= 4 is 46.6 Å². The number of carbonyl (C=O) groups excluding carboxylic acids is 3. The van der Waals surface area contributed by atoms with Crippen LogP contribution in [-0.4, -0.2) is 42.9 Å². The molecule has 3 amide bonds. The van der Waals surface area contributed by atoms with E-state index in [2.05, 4.69) is 5.32 Å². The van der Waals surface area contributed by atoms with Crippen LogP contribution in [0, 0.1) is 0 Å². The second-order valence-corrected chi connectivity index (χ2v) is 6.77. The molecule has 0 atom stereocenters. The van der Waals surface area contributed by atoms with Crippen molar-refractivity contribution < 1.29 is 19.1 Å². The van der Waals surface area contributed by atoms with E-state index in [9.17, 15) is 14.4 Å². The number of imide groups is 1. The van der Waals surface area contributed by atoms with Gasteiger partial charge in [0.05, 0.1) is 21.2 Å². The lowest BCUT2D eigenvalue weighted by Crippen LogP contribution is -2.31. The Labute approximate surface area is 166 Å². The minimum Gasteiger partial charge on any atom is -0.385 e. The summed E-state index contributed by atoms with van der Waals surface area (Å²) < 4.78 is 4.95. The Morgan fingerprint density at radius 2 is 1.78 bits per heavy atom. The van der Waals surface area contributed by atoms with Crippen LogP contribution in [-0.2, 0) is 4.74 Å². The molecule has 27 heavy (non-hydrogen) atoms. The quantitative estimate of drug-likeness (QED) is 0.583. The number of benzene rings is 2. The number of ether oxygens (including phenoxy) is 1. The Hall–Kier alpha value is -2.41. The molecule has 0 unspecified atom stereocenters. The molecule has 6 nitrogen and oxygen atoms in total. The highest BCUT2D eigenvalue weighted by atomic mass is 35.5. The van der Waals surface area contributed by atoms with Crippen molar-refractivity contribution in [2.24, 2.45) is 0 Å². The number of methoxy groups -OCH3 is 1. The van der Waals surface area contributed by atoms with E-state index >= 15 is 0 Å². The van der Waals surface area contributed by atoms with E-state index in [1.807, 2.05) is 0 Å². The molecule has 0 bridgehead atoms. The third-order valence-electron chi connectivity index (χ3n) is 4.14. The maximum absolute atomic E-state index is 12.5. The van der Waals surface area contributed by atoms with Crippen LogP contribution < -0.4 is 5.32 Å². The van der Waals surface area contributed by atoms with E-state index in [1.165, 1.54) is 29.2 Å². The average Bonchev–Trinajstić information content (AvgIpc) is 2.89. The van der Waals surface area contributed by atoms with Crippen LogP contribution in [0.25, 0.3) is 0 Å². The molecule has 0 fully saturated rings. The zero-order chi connectivity index (χ0) is 19.6. The number of carbonyl (C=O) groups is 3. The zero-order valence-corrected chi connectivity index (χ0v) is 15.9. The summed E-state index contributed by atoms with van der Waals surface area (Å²) in [5.74, 6) is -1.19. The van der Waals surface area contributed by atoms with Gasteiger partial charge < -0.3 is 10.1 Å². The van der Waals surface area contributed by atoms with Crippen molar-refractivity contribution in [2.45, 2.75) is 6.42 Å². The lowest BCUT2D eigenvalue weighted by atomic mass is 10.1. The molecule has 1 aliphatic rings. The number of rotatable bonds is 6. The number of nitrogens with one attached hydrogen (secondary N) is 1. The highest BCUT2D eigenvalue weighted by Crippen LogP contribution is 2.27. The summed E-state index contributed by atoms with van der Waals surface area (Å²) in [7, 11) is 1.56. The molecule has 3 rings (SSSR count). The second-order valence-electron chi connectivity index (χ2n) is 5.95. The zero-order valence-electron chi connectivity index (χ0n) is 14.4. The molecule has 2 aromatic carbocycles. The Bertz CT molecular complexity index is 930. The maximum Gasteiger partial charge on any atom is 0.261 e. The van der Waals surface area contributed by atoms with E-state index in [0.29, 0.717) is 34.3 Å². The molecule has 140 valence electrons. The van der Waals surface area contributed by atoms with E-state index < -0.39 is 11.8 Å². The summed E-state index contributed by atoms with van der Waals surface area (Å²) in [6, 6.07) is 9.15. The summed E-state index contributed by atoms with van der Waals surface area (Å²) in [5, 5.41) is 3.38. The number of fused-ring (bicyclic) bond motifs is 1. The first-order chi connectivity index (χ1) is 12.9. The molecular formula is C19H16Cl2N2O4. The Kier molecular flexibility index (Phi) is 5.79. The number of nitrogens with zero attached hydrogens (tertiary/aromatic N) is 1. The summed E-state index contributed by atoms with van der Waals surface area (Å²) in [6.07, 6.45) is 0.548. The van der Waals surface area contributed by atoms with E-state index in [-0.39, 0.29) is 23.6 Å². The number of hydrogen-bond acceptors (Lipinski definition) is 4. The lowest BCUT2D eigenvalue weighted by molar-refractivity contribution is 0.0638. The van der Waals surface area contributed by atoms with E-state index in [1.54, 1.807) is 19.2 Å². The molecule has 1 N–H and O–H groups in total. The Morgan fingerprint density at radius 1 is 1.04 bits per heavy atom. The van der Waals surface area contributed by atoms with Crippen LogP contribution in [0.5, 0.6) is 0 Å². The number of hydrogen-bond donors (Lipinski definition) is 1. The van der Waals surface area contributed by atoms with Gasteiger partial charge in [0.15, 0.2) is 0 Å². The van der Waals surface area contributed by atoms with Crippen LogP contribution >= 0.6 is 23.2 Å². The third kappa shape index (κ3) is 3.98. The van der Waals surface area contributed by atoms with Gasteiger partial charge in [0, 0.05) is 31.5 Å². The second kappa shape index (κ2) is 8.08. The SMILES string of the molecule is COCCCN1C(=O)c2ccc(C(=O)Nc3ccc(Cl)c(Cl)c3)cc2C1=O. The van der Waals surface area contributed by atoms with Crippen LogP contribution in [0.3, 0.4) is 0 Å². The first-order valence-electron chi connectivity index (χ1n) is 8.18. The normalized spacial score (nSPS) is 13.1. The standard InChI is InChI=1S/C19H16Cl2N2O4/c1-27-8-2-7-23-18(25)13-5-3-11(9-14(13)19(23)26)17(24)22-12-4-6-15(20)16(21)10-12/h3-6,9-10H,2,7-8H2,1H3,(H,22,24). The summed E-state index contributed by atoms with van der Waals surface area (Å²) in [5.41, 5.74) is 1.25. The number of amides is 3. The first kappa shape index (κ1) is 19.4. The minimum atomic E-state index is -0.422. The number of anilines is 1. The fraction of sp³-hybridized carbons (Fsp3) is 0.211. The predicted molar refractivity (Wildman–Crippen MR) is 103 cm³/mol. The van der Waals surface area contributed by atoms with Gasteiger partial charge in [-0.3, -0.25) is 19.3 Å². The van der Waals surface area contributed by atoms with Gasteiger partial charge >= 0.3 is 0 Å². The van der Waals surface area contributed by atoms with Gasteiger partial charge in [-0.15, -0.1) is 0 Å². The molecular weight excluding hydrogens is 391 g/mol. The Balaban J connectivity index is 1.78. The topological polar surface area (TPSA) is 75.7 Å². The van der Waals surface area contributed by atoms with Gasteiger partial charge in [-0.1, -0.05) is 23.2 Å². The van der Waals surface area contributed by atoms with Gasteiger partial charge in [0.2, 0.25) is 0 Å². The maximum atomic E-state index is 12.5. The fourth-order valence-electron chi connectivity index (χ4n) is 2.78. The van der Waals surface area contributed by atoms with Gasteiger partial charge in [0.25, 0.3) is 17.7 Å². The van der Waals surface area contributed by atoms with Gasteiger partial charge in [-0.2, -0.15) is 0 Å². The largest absolute Gasteiger partial charge is 0.385 e. The molecule has 2 aromatic rings. The highest BCUT2D eigenvalue weighted by molar-refractivity contribution is 6.42. The Morgan fingerprint density at radius 3 is 2.48 bits per heavy atom. The molecule has 0 saturated carbocycles. The van der Waals surface area contributed by atoms with Crippen molar-refractivity contribution in [1.82, 2.24) is 4.90 Å². The average molecular weight is 407 g/mol. The molecule has 0 radical (unpaired) electrons. The molecule has 0 saturated heterocycles. The predicted octanol–water partition coefficient (Wildman–Crippen LogP) is 3.88. The third-order valence-corrected chi connectivity index (χ3v) is 4.88. The van der Waals surface area contributed by atoms with Crippen LogP contribution in [0.2, 0.25) is 10.0 Å². The minimum absolute atomic E-state index is 0.221.